The fraction of sp³-hybridized carbons (Fsp3) is 0.706. The second-order valence-corrected chi connectivity index (χ2v) is 8.07. The highest BCUT2D eigenvalue weighted by atomic mass is 16.5. The highest BCUT2D eigenvalue weighted by Gasteiger charge is 2.34. The minimum absolute atomic E-state index is 0.0271. The SMILES string of the molecule is COCC1CN(c2ccc3nnc(C(C)(C)C)n3n2)CC(C)(C)O1. The number of ether oxygens (including phenoxy) is 2. The van der Waals surface area contributed by atoms with Crippen molar-refractivity contribution in [2.45, 2.75) is 51.7 Å². The summed E-state index contributed by atoms with van der Waals surface area (Å²) >= 11 is 0. The second kappa shape index (κ2) is 5.97. The first-order chi connectivity index (χ1) is 11.2. The van der Waals surface area contributed by atoms with Gasteiger partial charge < -0.3 is 14.4 Å². The van der Waals surface area contributed by atoms with Crippen molar-refractivity contribution in [3.63, 3.8) is 0 Å². The molecule has 132 valence electrons. The van der Waals surface area contributed by atoms with Gasteiger partial charge in [-0.1, -0.05) is 20.8 Å². The molecular weight excluding hydrogens is 306 g/mol. The van der Waals surface area contributed by atoms with Crippen molar-refractivity contribution in [2.24, 2.45) is 0 Å². The molecule has 2 aromatic heterocycles. The van der Waals surface area contributed by atoms with Gasteiger partial charge in [-0.2, -0.15) is 4.52 Å². The maximum Gasteiger partial charge on any atom is 0.178 e. The van der Waals surface area contributed by atoms with Gasteiger partial charge in [0.2, 0.25) is 0 Å². The Morgan fingerprint density at radius 2 is 2.04 bits per heavy atom. The average Bonchev–Trinajstić information content (AvgIpc) is 2.88. The topological polar surface area (TPSA) is 64.8 Å². The van der Waals surface area contributed by atoms with Crippen molar-refractivity contribution in [1.82, 2.24) is 19.8 Å². The molecule has 7 nitrogen and oxygen atoms in total. The zero-order valence-corrected chi connectivity index (χ0v) is 15.4. The summed E-state index contributed by atoms with van der Waals surface area (Å²) in [5, 5.41) is 13.4. The predicted octanol–water partition coefficient (Wildman–Crippen LogP) is 2.05. The normalized spacial score (nSPS) is 21.4. The van der Waals surface area contributed by atoms with Gasteiger partial charge >= 0.3 is 0 Å². The molecule has 7 heteroatoms. The van der Waals surface area contributed by atoms with E-state index in [-0.39, 0.29) is 17.1 Å². The van der Waals surface area contributed by atoms with Crippen molar-refractivity contribution in [3.05, 3.63) is 18.0 Å². The number of hydrogen-bond acceptors (Lipinski definition) is 6. The van der Waals surface area contributed by atoms with Gasteiger partial charge in [0.25, 0.3) is 0 Å². The number of aromatic nitrogens is 4. The quantitative estimate of drug-likeness (QED) is 0.856. The molecule has 1 fully saturated rings. The van der Waals surface area contributed by atoms with Crippen LogP contribution in [0.5, 0.6) is 0 Å². The minimum atomic E-state index is -0.252. The third-order valence-electron chi connectivity index (χ3n) is 4.08. The number of anilines is 1. The number of rotatable bonds is 3. The third-order valence-corrected chi connectivity index (χ3v) is 4.08. The molecule has 3 heterocycles. The molecule has 1 atom stereocenters. The van der Waals surface area contributed by atoms with E-state index in [1.54, 1.807) is 7.11 Å². The highest BCUT2D eigenvalue weighted by molar-refractivity contribution is 5.47. The summed E-state index contributed by atoms with van der Waals surface area (Å²) in [4.78, 5) is 2.25. The summed E-state index contributed by atoms with van der Waals surface area (Å²) in [6, 6.07) is 3.97. The fourth-order valence-electron chi connectivity index (χ4n) is 3.16. The molecule has 0 amide bonds. The summed E-state index contributed by atoms with van der Waals surface area (Å²) in [5.74, 6) is 1.77. The zero-order valence-electron chi connectivity index (χ0n) is 15.4. The Labute approximate surface area is 143 Å². The van der Waals surface area contributed by atoms with Gasteiger partial charge in [0.15, 0.2) is 11.5 Å². The van der Waals surface area contributed by atoms with E-state index in [1.807, 2.05) is 16.6 Å². The summed E-state index contributed by atoms with van der Waals surface area (Å²) < 4.78 is 13.2. The first kappa shape index (κ1) is 17.1. The summed E-state index contributed by atoms with van der Waals surface area (Å²) in [6.45, 7) is 12.6. The second-order valence-electron chi connectivity index (χ2n) is 8.07. The number of hydrogen-bond donors (Lipinski definition) is 0. The molecule has 0 aliphatic carbocycles. The van der Waals surface area contributed by atoms with Gasteiger partial charge in [0, 0.05) is 25.6 Å². The number of methoxy groups -OCH3 is 1. The summed E-state index contributed by atoms with van der Waals surface area (Å²) in [6.07, 6.45) is 0.0271. The Morgan fingerprint density at radius 1 is 1.29 bits per heavy atom. The van der Waals surface area contributed by atoms with Crippen LogP contribution in [0.15, 0.2) is 12.1 Å². The van der Waals surface area contributed by atoms with Gasteiger partial charge in [-0.25, -0.2) is 0 Å². The van der Waals surface area contributed by atoms with Crippen LogP contribution in [-0.2, 0) is 14.9 Å². The van der Waals surface area contributed by atoms with Crippen LogP contribution in [0, 0.1) is 0 Å². The lowest BCUT2D eigenvalue weighted by molar-refractivity contribution is -0.106. The van der Waals surface area contributed by atoms with Crippen LogP contribution in [0.1, 0.15) is 40.4 Å². The molecule has 0 spiro atoms. The van der Waals surface area contributed by atoms with Crippen molar-refractivity contribution in [2.75, 3.05) is 31.7 Å². The van der Waals surface area contributed by atoms with E-state index in [0.717, 1.165) is 30.4 Å². The van der Waals surface area contributed by atoms with Gasteiger partial charge in [0.05, 0.1) is 18.3 Å². The smallest absolute Gasteiger partial charge is 0.178 e. The van der Waals surface area contributed by atoms with E-state index in [2.05, 4.69) is 49.7 Å². The van der Waals surface area contributed by atoms with Crippen LogP contribution in [0.2, 0.25) is 0 Å². The summed E-state index contributed by atoms with van der Waals surface area (Å²) in [7, 11) is 1.70. The monoisotopic (exact) mass is 333 g/mol. The molecule has 0 aromatic carbocycles. The molecule has 3 rings (SSSR count). The first-order valence-electron chi connectivity index (χ1n) is 8.34. The molecule has 1 aliphatic heterocycles. The summed E-state index contributed by atoms with van der Waals surface area (Å²) in [5.41, 5.74) is 0.399. The standard InChI is InChI=1S/C17H27N5O2/c1-16(2,3)15-19-18-13-7-8-14(20-22(13)15)21-9-12(10-23-6)24-17(4,5)11-21/h7-8,12H,9-11H2,1-6H3. The van der Waals surface area contributed by atoms with E-state index in [1.165, 1.54) is 0 Å². The largest absolute Gasteiger partial charge is 0.382 e. The van der Waals surface area contributed by atoms with Crippen LogP contribution in [0.4, 0.5) is 5.82 Å². The lowest BCUT2D eigenvalue weighted by atomic mass is 9.96. The van der Waals surface area contributed by atoms with Gasteiger partial charge in [-0.05, 0) is 26.0 Å². The van der Waals surface area contributed by atoms with Crippen LogP contribution >= 0.6 is 0 Å². The molecule has 2 aromatic rings. The van der Waals surface area contributed by atoms with Crippen molar-refractivity contribution in [1.29, 1.82) is 0 Å². The van der Waals surface area contributed by atoms with Gasteiger partial charge in [-0.15, -0.1) is 15.3 Å². The molecule has 1 aliphatic rings. The Bertz CT molecular complexity index is 719. The van der Waals surface area contributed by atoms with Crippen LogP contribution in [0.25, 0.3) is 5.65 Å². The van der Waals surface area contributed by atoms with E-state index in [0.29, 0.717) is 6.61 Å². The number of nitrogens with zero attached hydrogens (tertiary/aromatic N) is 5. The molecule has 0 N–H and O–H groups in total. The molecule has 1 unspecified atom stereocenters. The van der Waals surface area contributed by atoms with Crippen molar-refractivity contribution < 1.29 is 9.47 Å². The Morgan fingerprint density at radius 3 is 2.71 bits per heavy atom. The van der Waals surface area contributed by atoms with Crippen LogP contribution in [-0.4, -0.2) is 58.3 Å². The minimum Gasteiger partial charge on any atom is -0.382 e. The Balaban J connectivity index is 1.96. The fourth-order valence-corrected chi connectivity index (χ4v) is 3.16. The molecule has 24 heavy (non-hydrogen) atoms. The average molecular weight is 333 g/mol. The zero-order chi connectivity index (χ0) is 17.5. The lowest BCUT2D eigenvalue weighted by Gasteiger charge is -2.43. The Hall–Kier alpha value is -1.73. The van der Waals surface area contributed by atoms with Crippen LogP contribution < -0.4 is 4.90 Å². The van der Waals surface area contributed by atoms with Crippen LogP contribution in [0.3, 0.4) is 0 Å². The lowest BCUT2D eigenvalue weighted by Crippen LogP contribution is -2.54. The van der Waals surface area contributed by atoms with E-state index in [4.69, 9.17) is 14.6 Å². The van der Waals surface area contributed by atoms with E-state index < -0.39 is 0 Å². The van der Waals surface area contributed by atoms with Crippen molar-refractivity contribution >= 4 is 11.5 Å². The van der Waals surface area contributed by atoms with Gasteiger partial charge in [0.1, 0.15) is 5.82 Å². The molecule has 1 saturated heterocycles. The number of morpholine rings is 1. The first-order valence-corrected chi connectivity index (χ1v) is 8.34. The molecule has 0 radical (unpaired) electrons. The van der Waals surface area contributed by atoms with E-state index >= 15 is 0 Å². The maximum atomic E-state index is 6.09. The highest BCUT2D eigenvalue weighted by Crippen LogP contribution is 2.26. The number of fused-ring (bicyclic) bond motifs is 1. The predicted molar refractivity (Wildman–Crippen MR) is 92.5 cm³/mol. The maximum absolute atomic E-state index is 6.09. The van der Waals surface area contributed by atoms with E-state index in [9.17, 15) is 0 Å². The molecule has 0 bridgehead atoms. The third kappa shape index (κ3) is 3.37. The van der Waals surface area contributed by atoms with Gasteiger partial charge in [-0.3, -0.25) is 0 Å². The van der Waals surface area contributed by atoms with Crippen molar-refractivity contribution in [3.8, 4) is 0 Å². The molecule has 0 saturated carbocycles. The molecular formula is C17H27N5O2. The Kier molecular flexibility index (Phi) is 4.25.